The van der Waals surface area contributed by atoms with Crippen LogP contribution in [0, 0.1) is 0 Å². The highest BCUT2D eigenvalue weighted by molar-refractivity contribution is 6.16. The Morgan fingerprint density at radius 3 is 3.00 bits per heavy atom. The molecule has 0 fully saturated rings. The van der Waals surface area contributed by atoms with Crippen LogP contribution in [0.2, 0.25) is 0 Å². The summed E-state index contributed by atoms with van der Waals surface area (Å²) in [4.78, 5) is 4.19. The third-order valence-corrected chi connectivity index (χ3v) is 2.07. The van der Waals surface area contributed by atoms with E-state index in [0.29, 0.717) is 18.3 Å². The molecule has 0 aliphatic heterocycles. The predicted octanol–water partition coefficient (Wildman–Crippen LogP) is 2.03. The molecule has 68 valence electrons. The van der Waals surface area contributed by atoms with E-state index in [1.54, 1.807) is 0 Å². The van der Waals surface area contributed by atoms with Crippen molar-refractivity contribution in [2.24, 2.45) is 5.73 Å². The third-order valence-electron chi connectivity index (χ3n) is 1.85. The molecule has 0 atom stereocenters. The number of halogens is 1. The minimum atomic E-state index is 0.298. The highest BCUT2D eigenvalue weighted by atomic mass is 35.5. The zero-order valence-corrected chi connectivity index (χ0v) is 7.71. The smallest absolute Gasteiger partial charge is 0.210 e. The van der Waals surface area contributed by atoms with Crippen molar-refractivity contribution in [1.82, 2.24) is 4.98 Å². The number of aromatic nitrogens is 1. The van der Waals surface area contributed by atoms with E-state index in [0.717, 1.165) is 16.7 Å². The van der Waals surface area contributed by atoms with Crippen molar-refractivity contribution in [3.8, 4) is 0 Å². The molecule has 1 aromatic heterocycles. The van der Waals surface area contributed by atoms with Crippen molar-refractivity contribution in [3.63, 3.8) is 0 Å². The summed E-state index contributed by atoms with van der Waals surface area (Å²) in [6.45, 7) is 0.513. The Bertz CT molecular complexity index is 422. The van der Waals surface area contributed by atoms with Gasteiger partial charge >= 0.3 is 0 Å². The van der Waals surface area contributed by atoms with Crippen LogP contribution in [0.25, 0.3) is 11.1 Å². The molecule has 0 radical (unpaired) electrons. The molecule has 0 amide bonds. The maximum atomic E-state index is 5.59. The van der Waals surface area contributed by atoms with Gasteiger partial charge in [-0.05, 0) is 17.7 Å². The van der Waals surface area contributed by atoms with Gasteiger partial charge < -0.3 is 10.2 Å². The van der Waals surface area contributed by atoms with Gasteiger partial charge in [-0.25, -0.2) is 4.98 Å². The minimum Gasteiger partial charge on any atom is -0.439 e. The average Bonchev–Trinajstić information content (AvgIpc) is 2.58. The number of benzene rings is 1. The van der Waals surface area contributed by atoms with E-state index in [9.17, 15) is 0 Å². The molecule has 0 aliphatic carbocycles. The van der Waals surface area contributed by atoms with Gasteiger partial charge in [0.2, 0.25) is 5.89 Å². The first kappa shape index (κ1) is 8.53. The second-order valence-corrected chi connectivity index (χ2v) is 3.01. The summed E-state index contributed by atoms with van der Waals surface area (Å²) >= 11 is 5.59. The van der Waals surface area contributed by atoms with Gasteiger partial charge in [0.05, 0.1) is 5.88 Å². The Morgan fingerprint density at radius 2 is 2.31 bits per heavy atom. The van der Waals surface area contributed by atoms with Crippen molar-refractivity contribution in [2.75, 3.05) is 0 Å². The molecule has 2 aromatic rings. The number of fused-ring (bicyclic) bond motifs is 1. The maximum absolute atomic E-state index is 5.59. The number of hydrogen-bond acceptors (Lipinski definition) is 3. The van der Waals surface area contributed by atoms with E-state index >= 15 is 0 Å². The Labute approximate surface area is 80.5 Å². The van der Waals surface area contributed by atoms with Gasteiger partial charge in [0, 0.05) is 6.54 Å². The summed E-state index contributed by atoms with van der Waals surface area (Å²) in [5, 5.41) is 0. The monoisotopic (exact) mass is 196 g/mol. The molecule has 2 N–H and O–H groups in total. The zero-order chi connectivity index (χ0) is 9.26. The number of nitrogens with two attached hydrogens (primary N) is 1. The molecule has 13 heavy (non-hydrogen) atoms. The summed E-state index contributed by atoms with van der Waals surface area (Å²) in [6, 6.07) is 5.70. The highest BCUT2D eigenvalue weighted by Crippen LogP contribution is 2.17. The van der Waals surface area contributed by atoms with E-state index in [2.05, 4.69) is 4.98 Å². The molecule has 0 spiro atoms. The van der Waals surface area contributed by atoms with Crippen LogP contribution in [0.3, 0.4) is 0 Å². The summed E-state index contributed by atoms with van der Waals surface area (Å²) in [6.07, 6.45) is 0. The summed E-state index contributed by atoms with van der Waals surface area (Å²) in [5.74, 6) is 0.845. The van der Waals surface area contributed by atoms with Crippen LogP contribution in [0.5, 0.6) is 0 Å². The fourth-order valence-electron chi connectivity index (χ4n) is 1.20. The standard InChI is InChI=1S/C9H9ClN2O/c10-4-9-12-7-3-6(5-11)1-2-8(7)13-9/h1-3H,4-5,11H2. The van der Waals surface area contributed by atoms with Gasteiger partial charge in [-0.1, -0.05) is 6.07 Å². The Balaban J connectivity index is 2.57. The molecule has 0 saturated carbocycles. The first-order valence-electron chi connectivity index (χ1n) is 3.98. The number of rotatable bonds is 2. The molecule has 2 rings (SSSR count). The molecular formula is C9H9ClN2O. The third kappa shape index (κ3) is 1.53. The largest absolute Gasteiger partial charge is 0.439 e. The number of alkyl halides is 1. The van der Waals surface area contributed by atoms with Crippen LogP contribution in [-0.2, 0) is 12.4 Å². The number of oxazole rings is 1. The summed E-state index contributed by atoms with van der Waals surface area (Å²) in [5.41, 5.74) is 8.11. The van der Waals surface area contributed by atoms with Gasteiger partial charge in [-0.3, -0.25) is 0 Å². The van der Waals surface area contributed by atoms with Gasteiger partial charge in [0.25, 0.3) is 0 Å². The van der Waals surface area contributed by atoms with E-state index < -0.39 is 0 Å². The molecule has 0 saturated heterocycles. The van der Waals surface area contributed by atoms with Crippen LogP contribution in [0.1, 0.15) is 11.5 Å². The molecule has 3 nitrogen and oxygen atoms in total. The average molecular weight is 197 g/mol. The predicted molar refractivity (Wildman–Crippen MR) is 51.5 cm³/mol. The van der Waals surface area contributed by atoms with E-state index in [1.807, 2.05) is 18.2 Å². The Morgan fingerprint density at radius 1 is 1.46 bits per heavy atom. The lowest BCUT2D eigenvalue weighted by atomic mass is 10.2. The lowest BCUT2D eigenvalue weighted by Crippen LogP contribution is -1.94. The molecule has 0 aliphatic rings. The number of hydrogen-bond donors (Lipinski definition) is 1. The highest BCUT2D eigenvalue weighted by Gasteiger charge is 2.04. The first-order valence-corrected chi connectivity index (χ1v) is 4.51. The van der Waals surface area contributed by atoms with Crippen LogP contribution in [0.4, 0.5) is 0 Å². The number of nitrogens with zero attached hydrogens (tertiary/aromatic N) is 1. The second-order valence-electron chi connectivity index (χ2n) is 2.75. The molecular weight excluding hydrogens is 188 g/mol. The topological polar surface area (TPSA) is 52.0 Å². The Kier molecular flexibility index (Phi) is 2.20. The quantitative estimate of drug-likeness (QED) is 0.748. The zero-order valence-electron chi connectivity index (χ0n) is 6.96. The molecule has 1 heterocycles. The van der Waals surface area contributed by atoms with Crippen LogP contribution in [0.15, 0.2) is 22.6 Å². The van der Waals surface area contributed by atoms with Gasteiger partial charge in [0.15, 0.2) is 5.58 Å². The lowest BCUT2D eigenvalue weighted by molar-refractivity contribution is 0.555. The van der Waals surface area contributed by atoms with Crippen molar-refractivity contribution >= 4 is 22.7 Å². The fraction of sp³-hybridized carbons (Fsp3) is 0.222. The van der Waals surface area contributed by atoms with Gasteiger partial charge in [-0.15, -0.1) is 11.6 Å². The van der Waals surface area contributed by atoms with E-state index in [4.69, 9.17) is 21.8 Å². The lowest BCUT2D eigenvalue weighted by Gasteiger charge is -1.92. The van der Waals surface area contributed by atoms with Gasteiger partial charge in [0.1, 0.15) is 5.52 Å². The van der Waals surface area contributed by atoms with E-state index in [1.165, 1.54) is 0 Å². The van der Waals surface area contributed by atoms with Crippen molar-refractivity contribution in [3.05, 3.63) is 29.7 Å². The Hall–Kier alpha value is -1.06. The van der Waals surface area contributed by atoms with Crippen molar-refractivity contribution in [2.45, 2.75) is 12.4 Å². The van der Waals surface area contributed by atoms with E-state index in [-0.39, 0.29) is 0 Å². The first-order chi connectivity index (χ1) is 6.33. The summed E-state index contributed by atoms with van der Waals surface area (Å²) in [7, 11) is 0. The van der Waals surface area contributed by atoms with Crippen LogP contribution in [-0.4, -0.2) is 4.98 Å². The maximum Gasteiger partial charge on any atom is 0.210 e. The van der Waals surface area contributed by atoms with Crippen molar-refractivity contribution < 1.29 is 4.42 Å². The van der Waals surface area contributed by atoms with Crippen molar-refractivity contribution in [1.29, 1.82) is 0 Å². The minimum absolute atomic E-state index is 0.298. The molecule has 0 bridgehead atoms. The molecule has 0 unspecified atom stereocenters. The SMILES string of the molecule is NCc1ccc2oc(CCl)nc2c1. The van der Waals surface area contributed by atoms with Crippen LogP contribution >= 0.6 is 11.6 Å². The molecule has 1 aromatic carbocycles. The summed E-state index contributed by atoms with van der Waals surface area (Å²) < 4.78 is 5.33. The normalized spacial score (nSPS) is 10.9. The molecule has 4 heteroatoms. The fourth-order valence-corrected chi connectivity index (χ4v) is 1.32. The second kappa shape index (κ2) is 3.36. The van der Waals surface area contributed by atoms with Gasteiger partial charge in [-0.2, -0.15) is 0 Å². The van der Waals surface area contributed by atoms with Crippen LogP contribution < -0.4 is 5.73 Å².